The topological polar surface area (TPSA) is 78.1 Å². The van der Waals surface area contributed by atoms with Crippen LogP contribution in [0.1, 0.15) is 10.5 Å². The molecule has 0 saturated carbocycles. The number of rotatable bonds is 5. The third-order valence-electron chi connectivity index (χ3n) is 3.82. The summed E-state index contributed by atoms with van der Waals surface area (Å²) >= 11 is 9.40. The van der Waals surface area contributed by atoms with Gasteiger partial charge in [0.15, 0.2) is 0 Å². The molecule has 0 aliphatic heterocycles. The Bertz CT molecular complexity index is 972. The van der Waals surface area contributed by atoms with Crippen molar-refractivity contribution in [3.05, 3.63) is 69.8 Å². The Labute approximate surface area is 169 Å². The standard InChI is InChI=1S/C19H16BrClN4O2/c1-25(11-18(26)22-15-5-3-2-4-14(15)21)19(27)17-10-16(23-24-17)12-6-8-13(20)9-7-12/h2-10H,11H2,1H3,(H,22,26)(H,23,24). The first kappa shape index (κ1) is 19.1. The van der Waals surface area contributed by atoms with Crippen molar-refractivity contribution in [2.75, 3.05) is 18.9 Å². The molecule has 1 aromatic heterocycles. The average molecular weight is 448 g/mol. The number of carbonyl (C=O) groups is 2. The van der Waals surface area contributed by atoms with E-state index in [1.165, 1.54) is 4.90 Å². The number of likely N-dealkylation sites (N-methyl/N-ethyl adjacent to an activating group) is 1. The number of benzene rings is 2. The van der Waals surface area contributed by atoms with E-state index in [1.54, 1.807) is 37.4 Å². The van der Waals surface area contributed by atoms with Crippen LogP contribution in [0.3, 0.4) is 0 Å². The van der Waals surface area contributed by atoms with Gasteiger partial charge in [0, 0.05) is 17.1 Å². The van der Waals surface area contributed by atoms with Crippen molar-refractivity contribution in [1.29, 1.82) is 0 Å². The number of aromatic nitrogens is 2. The minimum Gasteiger partial charge on any atom is -0.331 e. The second kappa shape index (κ2) is 8.37. The molecule has 6 nitrogen and oxygen atoms in total. The van der Waals surface area contributed by atoms with E-state index < -0.39 is 0 Å². The zero-order valence-corrected chi connectivity index (χ0v) is 16.7. The Morgan fingerprint density at radius 2 is 1.89 bits per heavy atom. The van der Waals surface area contributed by atoms with Gasteiger partial charge >= 0.3 is 0 Å². The number of halogens is 2. The van der Waals surface area contributed by atoms with Gasteiger partial charge in [-0.3, -0.25) is 14.7 Å². The number of hydrogen-bond donors (Lipinski definition) is 2. The molecule has 3 rings (SSSR count). The Kier molecular flexibility index (Phi) is 5.93. The maximum absolute atomic E-state index is 12.5. The minimum absolute atomic E-state index is 0.114. The zero-order valence-electron chi connectivity index (χ0n) is 14.4. The van der Waals surface area contributed by atoms with Gasteiger partial charge in [-0.25, -0.2) is 0 Å². The molecule has 27 heavy (non-hydrogen) atoms. The maximum atomic E-state index is 12.5. The van der Waals surface area contributed by atoms with Crippen molar-refractivity contribution in [1.82, 2.24) is 15.1 Å². The Balaban J connectivity index is 1.64. The van der Waals surface area contributed by atoms with Gasteiger partial charge in [0.2, 0.25) is 5.91 Å². The van der Waals surface area contributed by atoms with E-state index >= 15 is 0 Å². The lowest BCUT2D eigenvalue weighted by Crippen LogP contribution is -2.35. The number of aromatic amines is 1. The summed E-state index contributed by atoms with van der Waals surface area (Å²) < 4.78 is 0.961. The Morgan fingerprint density at radius 3 is 2.59 bits per heavy atom. The molecule has 0 saturated heterocycles. The van der Waals surface area contributed by atoms with E-state index in [0.717, 1.165) is 10.0 Å². The quantitative estimate of drug-likeness (QED) is 0.615. The molecule has 0 aliphatic carbocycles. The molecule has 1 heterocycles. The van der Waals surface area contributed by atoms with E-state index in [2.05, 4.69) is 31.4 Å². The number of H-pyrrole nitrogens is 1. The number of nitrogens with one attached hydrogen (secondary N) is 2. The minimum atomic E-state index is -0.341. The Morgan fingerprint density at radius 1 is 1.19 bits per heavy atom. The molecule has 0 unspecified atom stereocenters. The van der Waals surface area contributed by atoms with Gasteiger partial charge < -0.3 is 10.2 Å². The van der Waals surface area contributed by atoms with Crippen LogP contribution >= 0.6 is 27.5 Å². The summed E-state index contributed by atoms with van der Waals surface area (Å²) in [5, 5.41) is 10.0. The molecule has 138 valence electrons. The predicted molar refractivity (Wildman–Crippen MR) is 109 cm³/mol. The summed E-state index contributed by atoms with van der Waals surface area (Å²) in [6, 6.07) is 16.2. The Hall–Kier alpha value is -2.64. The summed E-state index contributed by atoms with van der Waals surface area (Å²) in [4.78, 5) is 26.0. The van der Waals surface area contributed by atoms with E-state index in [9.17, 15) is 9.59 Å². The highest BCUT2D eigenvalue weighted by atomic mass is 79.9. The normalized spacial score (nSPS) is 10.5. The smallest absolute Gasteiger partial charge is 0.272 e. The number of anilines is 1. The highest BCUT2D eigenvalue weighted by molar-refractivity contribution is 9.10. The fourth-order valence-electron chi connectivity index (χ4n) is 2.44. The fourth-order valence-corrected chi connectivity index (χ4v) is 2.89. The third-order valence-corrected chi connectivity index (χ3v) is 4.68. The SMILES string of the molecule is CN(CC(=O)Nc1ccccc1Cl)C(=O)c1cc(-c2ccc(Br)cc2)n[nH]1. The van der Waals surface area contributed by atoms with Gasteiger partial charge in [0.1, 0.15) is 5.69 Å². The summed E-state index contributed by atoms with van der Waals surface area (Å²) in [7, 11) is 1.55. The number of amides is 2. The van der Waals surface area contributed by atoms with Gasteiger partial charge in [-0.15, -0.1) is 0 Å². The molecule has 0 fully saturated rings. The van der Waals surface area contributed by atoms with Crippen molar-refractivity contribution >= 4 is 45.0 Å². The van der Waals surface area contributed by atoms with Gasteiger partial charge in [0.05, 0.1) is 22.9 Å². The molecule has 0 bridgehead atoms. The van der Waals surface area contributed by atoms with Crippen LogP contribution < -0.4 is 5.32 Å². The van der Waals surface area contributed by atoms with Crippen LogP contribution in [0.5, 0.6) is 0 Å². The number of nitrogens with zero attached hydrogens (tertiary/aromatic N) is 2. The molecule has 0 spiro atoms. The van der Waals surface area contributed by atoms with E-state index in [4.69, 9.17) is 11.6 Å². The zero-order chi connectivity index (χ0) is 19.4. The van der Waals surface area contributed by atoms with E-state index in [-0.39, 0.29) is 18.4 Å². The molecular formula is C19H16BrClN4O2. The van der Waals surface area contributed by atoms with Crippen LogP contribution in [0, 0.1) is 0 Å². The van der Waals surface area contributed by atoms with Gasteiger partial charge in [-0.1, -0.05) is 51.8 Å². The first-order valence-electron chi connectivity index (χ1n) is 8.05. The number of hydrogen-bond acceptors (Lipinski definition) is 3. The highest BCUT2D eigenvalue weighted by Gasteiger charge is 2.18. The lowest BCUT2D eigenvalue weighted by Gasteiger charge is -2.16. The van der Waals surface area contributed by atoms with Crippen LogP contribution in [-0.2, 0) is 4.79 Å². The lowest BCUT2D eigenvalue weighted by atomic mass is 10.1. The predicted octanol–water partition coefficient (Wildman–Crippen LogP) is 4.20. The highest BCUT2D eigenvalue weighted by Crippen LogP contribution is 2.22. The number of para-hydroxylation sites is 1. The second-order valence-corrected chi connectivity index (χ2v) is 7.19. The van der Waals surface area contributed by atoms with Crippen LogP contribution in [0.25, 0.3) is 11.3 Å². The molecule has 2 amide bonds. The average Bonchev–Trinajstić information content (AvgIpc) is 3.13. The molecule has 2 aromatic carbocycles. The molecule has 3 aromatic rings. The third kappa shape index (κ3) is 4.75. The van der Waals surface area contributed by atoms with Gasteiger partial charge in [0.25, 0.3) is 5.91 Å². The van der Waals surface area contributed by atoms with Crippen molar-refractivity contribution in [2.24, 2.45) is 0 Å². The lowest BCUT2D eigenvalue weighted by molar-refractivity contribution is -0.116. The summed E-state index contributed by atoms with van der Waals surface area (Å²) in [6.45, 7) is -0.114. The monoisotopic (exact) mass is 446 g/mol. The molecule has 0 aliphatic rings. The van der Waals surface area contributed by atoms with Crippen LogP contribution in [0.15, 0.2) is 59.1 Å². The van der Waals surface area contributed by atoms with E-state index in [1.807, 2.05) is 24.3 Å². The van der Waals surface area contributed by atoms with Gasteiger partial charge in [-0.2, -0.15) is 5.10 Å². The van der Waals surface area contributed by atoms with Crippen molar-refractivity contribution < 1.29 is 9.59 Å². The summed E-state index contributed by atoms with van der Waals surface area (Å²) in [5.41, 5.74) is 2.34. The largest absolute Gasteiger partial charge is 0.331 e. The molecule has 0 radical (unpaired) electrons. The maximum Gasteiger partial charge on any atom is 0.272 e. The number of carbonyl (C=O) groups excluding carboxylic acids is 2. The fraction of sp³-hybridized carbons (Fsp3) is 0.105. The van der Waals surface area contributed by atoms with Crippen LogP contribution in [0.4, 0.5) is 5.69 Å². The van der Waals surface area contributed by atoms with Crippen LogP contribution in [-0.4, -0.2) is 40.5 Å². The van der Waals surface area contributed by atoms with Crippen molar-refractivity contribution in [2.45, 2.75) is 0 Å². The van der Waals surface area contributed by atoms with E-state index in [0.29, 0.717) is 22.1 Å². The first-order chi connectivity index (χ1) is 12.9. The van der Waals surface area contributed by atoms with Crippen molar-refractivity contribution in [3.63, 3.8) is 0 Å². The summed E-state index contributed by atoms with van der Waals surface area (Å²) in [5.74, 6) is -0.674. The van der Waals surface area contributed by atoms with Gasteiger partial charge in [-0.05, 0) is 30.3 Å². The second-order valence-electron chi connectivity index (χ2n) is 5.86. The van der Waals surface area contributed by atoms with Crippen molar-refractivity contribution in [3.8, 4) is 11.3 Å². The van der Waals surface area contributed by atoms with Crippen LogP contribution in [0.2, 0.25) is 5.02 Å². The molecular weight excluding hydrogens is 432 g/mol. The molecule has 0 atom stereocenters. The molecule has 2 N–H and O–H groups in total. The molecule has 8 heteroatoms. The first-order valence-corrected chi connectivity index (χ1v) is 9.22. The summed E-state index contributed by atoms with van der Waals surface area (Å²) in [6.07, 6.45) is 0.